The number of rotatable bonds is 0. The first-order valence-corrected chi connectivity index (χ1v) is 5.72. The van der Waals surface area contributed by atoms with Gasteiger partial charge in [0.25, 0.3) is 0 Å². The first kappa shape index (κ1) is 9.59. The quantitative estimate of drug-likeness (QED) is 0.591. The molecular formula is C15H15O+. The Hall–Kier alpha value is -1.63. The van der Waals surface area contributed by atoms with E-state index in [1.807, 2.05) is 6.92 Å². The van der Waals surface area contributed by atoms with Crippen LogP contribution in [0.2, 0.25) is 0 Å². The predicted octanol–water partition coefficient (Wildman–Crippen LogP) is 4.31. The maximum atomic E-state index is 5.90. The SMILES string of the molecule is Cc1cc(C)c2c([o+]1)C(C)c1ccccc1-2. The van der Waals surface area contributed by atoms with E-state index in [9.17, 15) is 0 Å². The molecule has 1 aromatic heterocycles. The van der Waals surface area contributed by atoms with Crippen molar-refractivity contribution in [2.45, 2.75) is 26.7 Å². The minimum atomic E-state index is 0.379. The Kier molecular flexibility index (Phi) is 1.90. The van der Waals surface area contributed by atoms with Gasteiger partial charge < -0.3 is 0 Å². The lowest BCUT2D eigenvalue weighted by atomic mass is 10.0. The summed E-state index contributed by atoms with van der Waals surface area (Å²) < 4.78 is 5.90. The molecule has 1 aliphatic rings. The van der Waals surface area contributed by atoms with E-state index in [0.29, 0.717) is 5.92 Å². The Bertz CT molecular complexity index is 570. The molecule has 0 bridgehead atoms. The predicted molar refractivity (Wildman–Crippen MR) is 65.5 cm³/mol. The summed E-state index contributed by atoms with van der Waals surface area (Å²) in [5, 5.41) is 0. The van der Waals surface area contributed by atoms with Crippen LogP contribution in [-0.4, -0.2) is 0 Å². The molecule has 1 heteroatoms. The molecule has 3 rings (SSSR count). The van der Waals surface area contributed by atoms with E-state index in [-0.39, 0.29) is 0 Å². The van der Waals surface area contributed by atoms with E-state index in [4.69, 9.17) is 4.42 Å². The molecule has 1 unspecified atom stereocenters. The summed E-state index contributed by atoms with van der Waals surface area (Å²) in [4.78, 5) is 0. The fourth-order valence-electron chi connectivity index (χ4n) is 2.72. The summed E-state index contributed by atoms with van der Waals surface area (Å²) in [6.45, 7) is 6.40. The molecule has 80 valence electrons. The third-order valence-corrected chi connectivity index (χ3v) is 3.42. The number of aryl methyl sites for hydroxylation is 2. The van der Waals surface area contributed by atoms with E-state index in [0.717, 1.165) is 11.5 Å². The summed E-state index contributed by atoms with van der Waals surface area (Å²) in [5.74, 6) is 2.50. The van der Waals surface area contributed by atoms with Crippen molar-refractivity contribution >= 4 is 0 Å². The highest BCUT2D eigenvalue weighted by Crippen LogP contribution is 2.46. The smallest absolute Gasteiger partial charge is 0.217 e. The van der Waals surface area contributed by atoms with Crippen LogP contribution in [0, 0.1) is 13.8 Å². The summed E-state index contributed by atoms with van der Waals surface area (Å²) in [6.07, 6.45) is 0. The summed E-state index contributed by atoms with van der Waals surface area (Å²) in [6, 6.07) is 10.7. The molecule has 0 aliphatic heterocycles. The molecule has 1 aliphatic carbocycles. The first-order chi connectivity index (χ1) is 7.68. The Morgan fingerprint density at radius 1 is 1.12 bits per heavy atom. The van der Waals surface area contributed by atoms with Crippen LogP contribution in [0.5, 0.6) is 0 Å². The van der Waals surface area contributed by atoms with Gasteiger partial charge in [0, 0.05) is 6.07 Å². The number of hydrogen-bond acceptors (Lipinski definition) is 0. The van der Waals surface area contributed by atoms with Gasteiger partial charge in [-0.1, -0.05) is 24.3 Å². The molecule has 0 saturated carbocycles. The highest BCUT2D eigenvalue weighted by atomic mass is 16.3. The molecule has 0 fully saturated rings. The normalized spacial score (nSPS) is 17.1. The monoisotopic (exact) mass is 211 g/mol. The Morgan fingerprint density at radius 2 is 1.88 bits per heavy atom. The van der Waals surface area contributed by atoms with Crippen molar-refractivity contribution in [2.75, 3.05) is 0 Å². The van der Waals surface area contributed by atoms with Crippen molar-refractivity contribution in [3.8, 4) is 11.1 Å². The Labute approximate surface area is 95.7 Å². The molecule has 16 heavy (non-hydrogen) atoms. The Balaban J connectivity index is 2.38. The van der Waals surface area contributed by atoms with Crippen molar-refractivity contribution < 1.29 is 4.42 Å². The van der Waals surface area contributed by atoms with Gasteiger partial charge in [0.15, 0.2) is 0 Å². The Morgan fingerprint density at radius 3 is 2.69 bits per heavy atom. The van der Waals surface area contributed by atoms with Gasteiger partial charge in [-0.2, -0.15) is 0 Å². The fourth-order valence-corrected chi connectivity index (χ4v) is 2.72. The van der Waals surface area contributed by atoms with Crippen molar-refractivity contribution in [1.82, 2.24) is 0 Å². The molecular weight excluding hydrogens is 196 g/mol. The molecule has 1 nitrogen and oxygen atoms in total. The van der Waals surface area contributed by atoms with Crippen LogP contribution in [0.1, 0.15) is 35.5 Å². The van der Waals surface area contributed by atoms with Crippen molar-refractivity contribution in [3.05, 3.63) is 53.0 Å². The number of fused-ring (bicyclic) bond motifs is 3. The minimum absolute atomic E-state index is 0.379. The van der Waals surface area contributed by atoms with Crippen molar-refractivity contribution in [1.29, 1.82) is 0 Å². The second kappa shape index (κ2) is 3.18. The van der Waals surface area contributed by atoms with E-state index in [2.05, 4.69) is 44.2 Å². The van der Waals surface area contributed by atoms with Gasteiger partial charge in [0.1, 0.15) is 0 Å². The van der Waals surface area contributed by atoms with Gasteiger partial charge >= 0.3 is 11.5 Å². The fraction of sp³-hybridized carbons (Fsp3) is 0.267. The summed E-state index contributed by atoms with van der Waals surface area (Å²) in [5.41, 5.74) is 5.34. The molecule has 0 N–H and O–H groups in total. The van der Waals surface area contributed by atoms with Crippen LogP contribution in [0.25, 0.3) is 11.1 Å². The van der Waals surface area contributed by atoms with Crippen molar-refractivity contribution in [3.63, 3.8) is 0 Å². The standard InChI is InChI=1S/C15H15O/c1-9-8-10(2)16-15-11(3)12-6-4-5-7-13(12)14(9)15/h4-8,11H,1-3H3/q+1. The van der Waals surface area contributed by atoms with E-state index in [1.54, 1.807) is 0 Å². The molecule has 1 heterocycles. The van der Waals surface area contributed by atoms with Gasteiger partial charge in [-0.3, -0.25) is 0 Å². The van der Waals surface area contributed by atoms with Crippen LogP contribution in [0.3, 0.4) is 0 Å². The largest absolute Gasteiger partial charge is 0.344 e. The van der Waals surface area contributed by atoms with Gasteiger partial charge in [-0.05, 0) is 30.5 Å². The molecule has 0 saturated heterocycles. The van der Waals surface area contributed by atoms with Crippen molar-refractivity contribution in [2.24, 2.45) is 0 Å². The highest BCUT2D eigenvalue weighted by Gasteiger charge is 2.36. The van der Waals surface area contributed by atoms with Gasteiger partial charge in [0.2, 0.25) is 0 Å². The van der Waals surface area contributed by atoms with E-state index in [1.165, 1.54) is 22.3 Å². The topological polar surface area (TPSA) is 11.3 Å². The second-order valence-corrected chi connectivity index (χ2v) is 4.59. The van der Waals surface area contributed by atoms with Gasteiger partial charge in [0.05, 0.1) is 18.4 Å². The van der Waals surface area contributed by atoms with Crippen LogP contribution >= 0.6 is 0 Å². The summed E-state index contributed by atoms with van der Waals surface area (Å²) in [7, 11) is 0. The number of hydrogen-bond donors (Lipinski definition) is 0. The zero-order chi connectivity index (χ0) is 11.3. The lowest BCUT2D eigenvalue weighted by molar-refractivity contribution is 0.460. The average molecular weight is 211 g/mol. The maximum Gasteiger partial charge on any atom is 0.344 e. The third kappa shape index (κ3) is 1.15. The summed E-state index contributed by atoms with van der Waals surface area (Å²) >= 11 is 0. The molecule has 0 radical (unpaired) electrons. The molecule has 1 atom stereocenters. The van der Waals surface area contributed by atoms with Crippen LogP contribution in [0.4, 0.5) is 0 Å². The van der Waals surface area contributed by atoms with E-state index < -0.39 is 0 Å². The van der Waals surface area contributed by atoms with Gasteiger partial charge in [-0.25, -0.2) is 4.42 Å². The molecule has 1 aromatic carbocycles. The zero-order valence-electron chi connectivity index (χ0n) is 9.87. The third-order valence-electron chi connectivity index (χ3n) is 3.42. The first-order valence-electron chi connectivity index (χ1n) is 5.72. The highest BCUT2D eigenvalue weighted by molar-refractivity contribution is 5.79. The zero-order valence-corrected chi connectivity index (χ0v) is 9.87. The lowest BCUT2D eigenvalue weighted by Gasteiger charge is -1.99. The minimum Gasteiger partial charge on any atom is -0.217 e. The maximum absolute atomic E-state index is 5.90. The molecule has 0 spiro atoms. The average Bonchev–Trinajstić information content (AvgIpc) is 2.54. The van der Waals surface area contributed by atoms with E-state index >= 15 is 0 Å². The number of benzene rings is 1. The van der Waals surface area contributed by atoms with Crippen LogP contribution in [-0.2, 0) is 0 Å². The second-order valence-electron chi connectivity index (χ2n) is 4.59. The van der Waals surface area contributed by atoms with Crippen LogP contribution in [0.15, 0.2) is 34.7 Å². The molecule has 2 aromatic rings. The van der Waals surface area contributed by atoms with Crippen LogP contribution < -0.4 is 0 Å². The lowest BCUT2D eigenvalue weighted by Crippen LogP contribution is -1.91. The molecule has 0 amide bonds. The van der Waals surface area contributed by atoms with Gasteiger partial charge in [-0.15, -0.1) is 0 Å².